The highest BCUT2D eigenvalue weighted by Gasteiger charge is 2.18. The van der Waals surface area contributed by atoms with Gasteiger partial charge in [0.25, 0.3) is 0 Å². The molecule has 1 N–H and O–H groups in total. The first-order chi connectivity index (χ1) is 8.02. The Morgan fingerprint density at radius 2 is 1.76 bits per heavy atom. The van der Waals surface area contributed by atoms with Gasteiger partial charge in [-0.2, -0.15) is 0 Å². The Morgan fingerprint density at radius 1 is 1.06 bits per heavy atom. The zero-order chi connectivity index (χ0) is 12.6. The molecule has 1 aromatic carbocycles. The van der Waals surface area contributed by atoms with Gasteiger partial charge in [0.05, 0.1) is 10.2 Å². The van der Waals surface area contributed by atoms with Crippen molar-refractivity contribution in [1.29, 1.82) is 0 Å². The summed E-state index contributed by atoms with van der Waals surface area (Å²) in [4.78, 5) is 4.58. The number of nitrogens with zero attached hydrogens (tertiary/aromatic N) is 1. The Bertz CT molecular complexity index is 497. The van der Waals surface area contributed by atoms with Crippen molar-refractivity contribution >= 4 is 74.2 Å². The van der Waals surface area contributed by atoms with Crippen molar-refractivity contribution in [2.24, 2.45) is 4.99 Å². The van der Waals surface area contributed by atoms with Crippen molar-refractivity contribution in [3.8, 4) is 0 Å². The molecule has 17 heavy (non-hydrogen) atoms. The van der Waals surface area contributed by atoms with E-state index in [-0.39, 0.29) is 0 Å². The molecule has 1 aromatic rings. The van der Waals surface area contributed by atoms with E-state index in [1.54, 1.807) is 0 Å². The normalized spacial score (nSPS) is 18.5. The van der Waals surface area contributed by atoms with Crippen LogP contribution in [0.4, 0.5) is 5.69 Å². The number of rotatable bonds is 0. The van der Waals surface area contributed by atoms with E-state index in [1.807, 2.05) is 0 Å². The molecule has 0 aliphatic carbocycles. The van der Waals surface area contributed by atoms with Gasteiger partial charge in [-0.15, -0.1) is 0 Å². The third kappa shape index (κ3) is 2.80. The van der Waals surface area contributed by atoms with Crippen LogP contribution in [0.2, 0.25) is 0 Å². The number of nitrogens with one attached hydrogen (secondary N) is 1. The van der Waals surface area contributed by atoms with Gasteiger partial charge in [-0.25, -0.2) is 4.99 Å². The number of hydrogen-bond donors (Lipinski definition) is 1. The third-order valence-corrected chi connectivity index (χ3v) is 6.71. The van der Waals surface area contributed by atoms with Crippen LogP contribution >= 0.6 is 63.7 Å². The SMILES string of the molecule is Cc1c2c(Br)c(Br)c(Br)c1/N=C(/Br)NCCC2. The summed E-state index contributed by atoms with van der Waals surface area (Å²) >= 11 is 14.3. The first kappa shape index (κ1) is 14.0. The van der Waals surface area contributed by atoms with Gasteiger partial charge in [-0.1, -0.05) is 0 Å². The van der Waals surface area contributed by atoms with Crippen LogP contribution in [-0.4, -0.2) is 11.3 Å². The summed E-state index contributed by atoms with van der Waals surface area (Å²) in [5.74, 6) is 0. The van der Waals surface area contributed by atoms with Crippen molar-refractivity contribution < 1.29 is 0 Å². The van der Waals surface area contributed by atoms with E-state index in [0.717, 1.165) is 43.2 Å². The van der Waals surface area contributed by atoms with Gasteiger partial charge in [0.2, 0.25) is 0 Å². The summed E-state index contributed by atoms with van der Waals surface area (Å²) in [6, 6.07) is 0. The van der Waals surface area contributed by atoms with Crippen LogP contribution in [0.5, 0.6) is 0 Å². The minimum atomic E-state index is 0.781. The van der Waals surface area contributed by atoms with Crippen LogP contribution in [0.15, 0.2) is 18.4 Å². The van der Waals surface area contributed by atoms with Gasteiger partial charge in [0.15, 0.2) is 4.74 Å². The molecular formula is C11H10Br4N2. The summed E-state index contributed by atoms with van der Waals surface area (Å²) in [7, 11) is 0. The number of fused-ring (bicyclic) bond motifs is 2. The molecule has 0 atom stereocenters. The maximum absolute atomic E-state index is 4.58. The summed E-state index contributed by atoms with van der Waals surface area (Å²) in [6.45, 7) is 3.03. The van der Waals surface area contributed by atoms with Crippen LogP contribution in [0.1, 0.15) is 17.5 Å². The summed E-state index contributed by atoms with van der Waals surface area (Å²) in [5, 5.41) is 3.24. The van der Waals surface area contributed by atoms with Crippen molar-refractivity contribution in [1.82, 2.24) is 5.32 Å². The van der Waals surface area contributed by atoms with Crippen LogP contribution in [-0.2, 0) is 6.42 Å². The molecule has 0 amide bonds. The largest absolute Gasteiger partial charge is 0.364 e. The average molecular weight is 490 g/mol. The second-order valence-corrected chi connectivity index (χ2v) is 6.96. The van der Waals surface area contributed by atoms with Crippen LogP contribution in [0, 0.1) is 6.92 Å². The second kappa shape index (κ2) is 5.72. The van der Waals surface area contributed by atoms with Gasteiger partial charge >= 0.3 is 0 Å². The predicted molar refractivity (Wildman–Crippen MR) is 86.6 cm³/mol. The summed E-state index contributed by atoms with van der Waals surface area (Å²) < 4.78 is 3.91. The summed E-state index contributed by atoms with van der Waals surface area (Å²) in [5.41, 5.74) is 3.51. The molecule has 0 aromatic heterocycles. The molecule has 2 nitrogen and oxygen atoms in total. The van der Waals surface area contributed by atoms with Gasteiger partial charge < -0.3 is 5.32 Å². The molecular weight excluding hydrogens is 480 g/mol. The molecule has 1 heterocycles. The number of amidine groups is 1. The Hall–Kier alpha value is 0.610. The third-order valence-electron chi connectivity index (χ3n) is 2.75. The van der Waals surface area contributed by atoms with Crippen LogP contribution in [0.3, 0.4) is 0 Å². The highest BCUT2D eigenvalue weighted by molar-refractivity contribution is 9.18. The molecule has 0 saturated carbocycles. The highest BCUT2D eigenvalue weighted by Crippen LogP contribution is 2.44. The molecule has 1 aliphatic rings. The number of hydrogen-bond acceptors (Lipinski definition) is 2. The van der Waals surface area contributed by atoms with E-state index >= 15 is 0 Å². The van der Waals surface area contributed by atoms with Crippen molar-refractivity contribution in [3.05, 3.63) is 24.5 Å². The molecule has 0 unspecified atom stereocenters. The van der Waals surface area contributed by atoms with Gasteiger partial charge in [0, 0.05) is 15.5 Å². The summed E-state index contributed by atoms with van der Waals surface area (Å²) in [6.07, 6.45) is 2.12. The fourth-order valence-electron chi connectivity index (χ4n) is 1.83. The van der Waals surface area contributed by atoms with E-state index in [4.69, 9.17) is 0 Å². The Labute approximate surface area is 134 Å². The lowest BCUT2D eigenvalue weighted by atomic mass is 10.0. The Morgan fingerprint density at radius 3 is 2.47 bits per heavy atom. The number of aliphatic imine (C=N–C) groups is 1. The van der Waals surface area contributed by atoms with E-state index in [1.165, 1.54) is 11.1 Å². The van der Waals surface area contributed by atoms with Gasteiger partial charge in [-0.3, -0.25) is 0 Å². The van der Waals surface area contributed by atoms with Crippen molar-refractivity contribution in [2.45, 2.75) is 19.8 Å². The first-order valence-electron chi connectivity index (χ1n) is 5.16. The molecule has 0 radical (unpaired) electrons. The molecule has 6 heteroatoms. The van der Waals surface area contributed by atoms with E-state index in [0.29, 0.717) is 0 Å². The van der Waals surface area contributed by atoms with E-state index in [2.05, 4.69) is 81.0 Å². The first-order valence-corrected chi connectivity index (χ1v) is 8.33. The standard InChI is InChI=1S/C11H10Br4N2/c1-5-6-3-2-4-16-11(15)17-10(5)9(14)8(13)7(6)12/h2-4H2,1H3,(H,16,17). The molecule has 0 saturated heterocycles. The zero-order valence-corrected chi connectivity index (χ0v) is 15.4. The van der Waals surface area contributed by atoms with Crippen LogP contribution in [0.25, 0.3) is 0 Å². The minimum absolute atomic E-state index is 0.781. The molecule has 0 fully saturated rings. The Balaban J connectivity index is 2.74. The fourth-order valence-corrected chi connectivity index (χ4v) is 4.18. The lowest BCUT2D eigenvalue weighted by molar-refractivity contribution is 0.777. The van der Waals surface area contributed by atoms with Crippen LogP contribution < -0.4 is 5.32 Å². The van der Waals surface area contributed by atoms with Crippen molar-refractivity contribution in [2.75, 3.05) is 6.54 Å². The highest BCUT2D eigenvalue weighted by atomic mass is 79.9. The predicted octanol–water partition coefficient (Wildman–Crippen LogP) is 5.20. The second-order valence-electron chi connectivity index (χ2n) is 3.83. The minimum Gasteiger partial charge on any atom is -0.364 e. The lowest BCUT2D eigenvalue weighted by Gasteiger charge is -2.14. The molecule has 0 spiro atoms. The smallest absolute Gasteiger partial charge is 0.170 e. The monoisotopic (exact) mass is 486 g/mol. The van der Waals surface area contributed by atoms with E-state index < -0.39 is 0 Å². The van der Waals surface area contributed by atoms with Crippen molar-refractivity contribution in [3.63, 3.8) is 0 Å². The topological polar surface area (TPSA) is 24.4 Å². The van der Waals surface area contributed by atoms with Gasteiger partial charge in [-0.05, 0) is 94.6 Å². The van der Waals surface area contributed by atoms with E-state index in [9.17, 15) is 0 Å². The van der Waals surface area contributed by atoms with Gasteiger partial charge in [0.1, 0.15) is 0 Å². The lowest BCUT2D eigenvalue weighted by Crippen LogP contribution is -2.18. The molecule has 92 valence electrons. The quantitative estimate of drug-likeness (QED) is 0.393. The number of halogens is 4. The maximum Gasteiger partial charge on any atom is 0.170 e. The molecule has 1 aliphatic heterocycles. The molecule has 2 rings (SSSR count). The maximum atomic E-state index is 4.58. The Kier molecular flexibility index (Phi) is 4.72. The fraction of sp³-hybridized carbons (Fsp3) is 0.364. The number of benzene rings is 1. The zero-order valence-electron chi connectivity index (χ0n) is 9.08. The average Bonchev–Trinajstić information content (AvgIpc) is 2.36. The molecule has 2 bridgehead atoms.